The van der Waals surface area contributed by atoms with Gasteiger partial charge in [-0.1, -0.05) is 60.7 Å². The smallest absolute Gasteiger partial charge is 0.187 e. The Labute approximate surface area is 147 Å². The number of hydrogen-bond acceptors (Lipinski definition) is 5. The highest BCUT2D eigenvalue weighted by Gasteiger charge is 2.51. The minimum absolute atomic E-state index is 0.359. The third-order valence-electron chi connectivity index (χ3n) is 4.61. The summed E-state index contributed by atoms with van der Waals surface area (Å²) in [6.45, 7) is 1.19. The zero-order valence-corrected chi connectivity index (χ0v) is 13.9. The molecule has 0 aliphatic carbocycles. The van der Waals surface area contributed by atoms with Crippen molar-refractivity contribution in [2.45, 2.75) is 43.9 Å². The lowest BCUT2D eigenvalue weighted by Gasteiger charge is -2.38. The molecule has 2 fully saturated rings. The predicted molar refractivity (Wildman–Crippen MR) is 90.7 cm³/mol. The molecule has 2 bridgehead atoms. The van der Waals surface area contributed by atoms with E-state index in [4.69, 9.17) is 18.9 Å². The van der Waals surface area contributed by atoms with Gasteiger partial charge >= 0.3 is 0 Å². The second-order valence-electron chi connectivity index (χ2n) is 6.39. The highest BCUT2D eigenvalue weighted by Crippen LogP contribution is 2.32. The van der Waals surface area contributed by atoms with Crippen LogP contribution in [-0.2, 0) is 32.2 Å². The van der Waals surface area contributed by atoms with Crippen molar-refractivity contribution in [2.75, 3.05) is 6.61 Å². The van der Waals surface area contributed by atoms with Crippen LogP contribution in [0.1, 0.15) is 11.1 Å². The highest BCUT2D eigenvalue weighted by molar-refractivity contribution is 5.14. The van der Waals surface area contributed by atoms with Crippen LogP contribution in [0.15, 0.2) is 60.7 Å². The second kappa shape index (κ2) is 7.64. The lowest BCUT2D eigenvalue weighted by Crippen LogP contribution is -2.55. The van der Waals surface area contributed by atoms with Gasteiger partial charge in [-0.3, -0.25) is 0 Å². The zero-order chi connectivity index (χ0) is 17.1. The molecule has 5 heteroatoms. The summed E-state index contributed by atoms with van der Waals surface area (Å²) in [5.74, 6) is 0. The van der Waals surface area contributed by atoms with Crippen molar-refractivity contribution in [1.82, 2.24) is 0 Å². The van der Waals surface area contributed by atoms with E-state index in [1.807, 2.05) is 60.7 Å². The van der Waals surface area contributed by atoms with Crippen LogP contribution in [0, 0.1) is 0 Å². The maximum Gasteiger partial charge on any atom is 0.187 e. The number of aliphatic hydroxyl groups excluding tert-OH is 1. The number of ether oxygens (including phenoxy) is 4. The summed E-state index contributed by atoms with van der Waals surface area (Å²) in [7, 11) is 0. The molecule has 2 aliphatic heterocycles. The van der Waals surface area contributed by atoms with Crippen molar-refractivity contribution in [1.29, 1.82) is 0 Å². The van der Waals surface area contributed by atoms with E-state index >= 15 is 0 Å². The average molecular weight is 342 g/mol. The summed E-state index contributed by atoms with van der Waals surface area (Å²) in [6, 6.07) is 19.8. The van der Waals surface area contributed by atoms with Gasteiger partial charge < -0.3 is 24.1 Å². The molecule has 4 rings (SSSR count). The Bertz CT molecular complexity index is 619. The molecule has 0 saturated carbocycles. The third kappa shape index (κ3) is 3.76. The first-order valence-corrected chi connectivity index (χ1v) is 8.57. The molecule has 2 heterocycles. The minimum atomic E-state index is -0.775. The van der Waals surface area contributed by atoms with Crippen LogP contribution in [-0.4, -0.2) is 42.4 Å². The number of aliphatic hydroxyl groups is 1. The number of fused-ring (bicyclic) bond motifs is 2. The Hall–Kier alpha value is -1.76. The zero-order valence-electron chi connectivity index (χ0n) is 13.9. The Morgan fingerprint density at radius 3 is 2.00 bits per heavy atom. The number of benzene rings is 2. The van der Waals surface area contributed by atoms with Crippen molar-refractivity contribution in [3.05, 3.63) is 71.8 Å². The van der Waals surface area contributed by atoms with Crippen molar-refractivity contribution >= 4 is 0 Å². The van der Waals surface area contributed by atoms with E-state index in [0.29, 0.717) is 19.8 Å². The Kier molecular flexibility index (Phi) is 5.10. The monoisotopic (exact) mass is 342 g/mol. The maximum absolute atomic E-state index is 10.6. The predicted octanol–water partition coefficient (Wildman–Crippen LogP) is 2.27. The van der Waals surface area contributed by atoms with Gasteiger partial charge in [-0.05, 0) is 11.1 Å². The molecule has 0 aromatic heterocycles. The number of hydrogen-bond donors (Lipinski definition) is 1. The van der Waals surface area contributed by atoms with Crippen LogP contribution in [0.3, 0.4) is 0 Å². The number of rotatable bonds is 6. The summed E-state index contributed by atoms with van der Waals surface area (Å²) in [6.07, 6.45) is -2.60. The Balaban J connectivity index is 1.45. The molecular formula is C20H22O5. The molecule has 25 heavy (non-hydrogen) atoms. The van der Waals surface area contributed by atoms with E-state index in [2.05, 4.69) is 0 Å². The standard InChI is InChI=1S/C20H22O5/c21-17-16-13-24-20(25-16)19(23-12-15-9-5-2-6-10-15)18(17)22-11-14-7-3-1-4-8-14/h1-10,16-21H,11-13H2. The molecular weight excluding hydrogens is 320 g/mol. The van der Waals surface area contributed by atoms with Crippen molar-refractivity contribution in [3.8, 4) is 0 Å². The lowest BCUT2D eigenvalue weighted by atomic mass is 10.0. The lowest BCUT2D eigenvalue weighted by molar-refractivity contribution is -0.258. The molecule has 5 atom stereocenters. The largest absolute Gasteiger partial charge is 0.387 e. The summed E-state index contributed by atoms with van der Waals surface area (Å²) in [4.78, 5) is 0. The van der Waals surface area contributed by atoms with E-state index in [-0.39, 0.29) is 6.10 Å². The van der Waals surface area contributed by atoms with Crippen molar-refractivity contribution in [2.24, 2.45) is 0 Å². The van der Waals surface area contributed by atoms with Crippen LogP contribution in [0.25, 0.3) is 0 Å². The van der Waals surface area contributed by atoms with Crippen molar-refractivity contribution < 1.29 is 24.1 Å². The Morgan fingerprint density at radius 1 is 0.840 bits per heavy atom. The average Bonchev–Trinajstić information content (AvgIpc) is 3.11. The van der Waals surface area contributed by atoms with E-state index in [1.165, 1.54) is 0 Å². The molecule has 5 unspecified atom stereocenters. The molecule has 2 aliphatic rings. The van der Waals surface area contributed by atoms with Crippen LogP contribution >= 0.6 is 0 Å². The van der Waals surface area contributed by atoms with Crippen LogP contribution in [0.5, 0.6) is 0 Å². The van der Waals surface area contributed by atoms with Crippen molar-refractivity contribution in [3.63, 3.8) is 0 Å². The van der Waals surface area contributed by atoms with E-state index in [1.54, 1.807) is 0 Å². The molecule has 0 radical (unpaired) electrons. The molecule has 132 valence electrons. The van der Waals surface area contributed by atoms with Gasteiger partial charge in [-0.25, -0.2) is 0 Å². The summed E-state index contributed by atoms with van der Waals surface area (Å²) < 4.78 is 23.4. The maximum atomic E-state index is 10.6. The van der Waals surface area contributed by atoms with Gasteiger partial charge in [0.2, 0.25) is 0 Å². The molecule has 5 nitrogen and oxygen atoms in total. The van der Waals surface area contributed by atoms with Gasteiger partial charge in [-0.15, -0.1) is 0 Å². The van der Waals surface area contributed by atoms with Crippen LogP contribution < -0.4 is 0 Å². The fraction of sp³-hybridized carbons (Fsp3) is 0.400. The molecule has 2 saturated heterocycles. The van der Waals surface area contributed by atoms with E-state index < -0.39 is 24.6 Å². The first-order chi connectivity index (χ1) is 12.3. The molecule has 1 N–H and O–H groups in total. The van der Waals surface area contributed by atoms with Crippen LogP contribution in [0.2, 0.25) is 0 Å². The minimum Gasteiger partial charge on any atom is -0.387 e. The first-order valence-electron chi connectivity index (χ1n) is 8.57. The Morgan fingerprint density at radius 2 is 1.40 bits per heavy atom. The molecule has 2 aromatic rings. The van der Waals surface area contributed by atoms with Gasteiger partial charge in [0.05, 0.1) is 19.8 Å². The second-order valence-corrected chi connectivity index (χ2v) is 6.39. The van der Waals surface area contributed by atoms with Crippen LogP contribution in [0.4, 0.5) is 0 Å². The summed E-state index contributed by atoms with van der Waals surface area (Å²) in [5, 5.41) is 10.6. The van der Waals surface area contributed by atoms with E-state index in [0.717, 1.165) is 11.1 Å². The van der Waals surface area contributed by atoms with Gasteiger partial charge in [0.1, 0.15) is 24.4 Å². The highest BCUT2D eigenvalue weighted by atomic mass is 16.8. The molecule has 2 aromatic carbocycles. The summed E-state index contributed by atoms with van der Waals surface area (Å²) in [5.41, 5.74) is 2.11. The topological polar surface area (TPSA) is 57.2 Å². The molecule has 0 amide bonds. The molecule has 0 spiro atoms. The SMILES string of the molecule is OC1C2COC(O2)C(OCc2ccccc2)C1OCc1ccccc1. The fourth-order valence-corrected chi connectivity index (χ4v) is 3.25. The first kappa shape index (κ1) is 16.7. The third-order valence-corrected chi connectivity index (χ3v) is 4.61. The van der Waals surface area contributed by atoms with Gasteiger partial charge in [-0.2, -0.15) is 0 Å². The van der Waals surface area contributed by atoms with Gasteiger partial charge in [0.25, 0.3) is 0 Å². The van der Waals surface area contributed by atoms with Gasteiger partial charge in [0, 0.05) is 0 Å². The quantitative estimate of drug-likeness (QED) is 0.873. The fourth-order valence-electron chi connectivity index (χ4n) is 3.25. The normalized spacial score (nSPS) is 31.2. The summed E-state index contributed by atoms with van der Waals surface area (Å²) >= 11 is 0. The van der Waals surface area contributed by atoms with Gasteiger partial charge in [0.15, 0.2) is 6.29 Å². The van der Waals surface area contributed by atoms with E-state index in [9.17, 15) is 5.11 Å².